The zero-order valence-corrected chi connectivity index (χ0v) is 7.19. The molecule has 4 N–H and O–H groups in total. The fraction of sp³-hybridized carbons (Fsp3) is 0. The van der Waals surface area contributed by atoms with Gasteiger partial charge < -0.3 is 19.2 Å². The van der Waals surface area contributed by atoms with Crippen LogP contribution in [0.3, 0.4) is 0 Å². The Labute approximate surface area is 109 Å². The Morgan fingerprint density at radius 1 is 0.857 bits per heavy atom. The van der Waals surface area contributed by atoms with Gasteiger partial charge in [-0.25, -0.2) is 0 Å². The predicted octanol–water partition coefficient (Wildman–Crippen LogP) is -2.61. The van der Waals surface area contributed by atoms with Gasteiger partial charge in [0.2, 0.25) is 0 Å². The molecule has 0 aromatic heterocycles. The van der Waals surface area contributed by atoms with Crippen molar-refractivity contribution in [2.45, 2.75) is 0 Å². The van der Waals surface area contributed by atoms with Gasteiger partial charge >= 0.3 is 9.05 Å². The zero-order chi connectivity index (χ0) is 4.50. The molecule has 1 radical (unpaired) electrons. The maximum Gasteiger partial charge on any atom is 0.668 e. The summed E-state index contributed by atoms with van der Waals surface area (Å²) in [5.74, 6) is 0. The molecule has 0 aliphatic rings. The molecular weight excluding hydrogens is 440 g/mol. The second kappa shape index (κ2) is 6.92. The first-order valence-electron chi connectivity index (χ1n) is 0.894. The number of hydrogen-bond acceptors (Lipinski definition) is 4. The van der Waals surface area contributed by atoms with Crippen LogP contribution in [-0.2, 0) is 0 Å². The molecular formula is H4LuO4SiYb. The fourth-order valence-electron chi connectivity index (χ4n) is 0. The molecule has 0 aromatic rings. The van der Waals surface area contributed by atoms with Crippen molar-refractivity contribution in [2.75, 3.05) is 0 Å². The third kappa shape index (κ3) is 51.7. The summed E-state index contributed by atoms with van der Waals surface area (Å²) in [6.07, 6.45) is 0. The summed E-state index contributed by atoms with van der Waals surface area (Å²) in [4.78, 5) is 29.3. The molecule has 61 valence electrons. The van der Waals surface area contributed by atoms with Crippen LogP contribution in [0.15, 0.2) is 0 Å². The summed E-state index contributed by atoms with van der Waals surface area (Å²) in [5.41, 5.74) is 0. The molecule has 0 bridgehead atoms. The maximum absolute atomic E-state index is 7.33. The maximum atomic E-state index is 7.33. The van der Waals surface area contributed by atoms with E-state index in [2.05, 4.69) is 0 Å². The second-order valence-corrected chi connectivity index (χ2v) is 1.80. The van der Waals surface area contributed by atoms with Gasteiger partial charge in [-0.05, 0) is 0 Å². The van der Waals surface area contributed by atoms with Gasteiger partial charge in [-0.1, -0.05) is 0 Å². The predicted molar refractivity (Wildman–Crippen MR) is 14.6 cm³/mol. The van der Waals surface area contributed by atoms with E-state index in [4.69, 9.17) is 19.2 Å². The van der Waals surface area contributed by atoms with Crippen LogP contribution in [0.2, 0.25) is 0 Å². The molecule has 0 fully saturated rings. The summed E-state index contributed by atoms with van der Waals surface area (Å²) in [5, 5.41) is 0. The van der Waals surface area contributed by atoms with Crippen molar-refractivity contribution < 1.29 is 103 Å². The van der Waals surface area contributed by atoms with E-state index in [-0.39, 0.29) is 83.8 Å². The van der Waals surface area contributed by atoms with Crippen LogP contribution < -0.4 is 0 Å². The standard InChI is InChI=1S/Lu.H4O4Si.Yb/c;1-5(2,3)4;/h;1-4H;. The van der Waals surface area contributed by atoms with Crippen LogP contribution in [-0.4, -0.2) is 28.2 Å². The van der Waals surface area contributed by atoms with Crippen molar-refractivity contribution in [3.8, 4) is 0 Å². The third-order valence-electron chi connectivity index (χ3n) is 0. The van der Waals surface area contributed by atoms with Gasteiger partial charge in [0, 0.05) is 83.8 Å². The van der Waals surface area contributed by atoms with Crippen molar-refractivity contribution in [3.63, 3.8) is 0 Å². The van der Waals surface area contributed by atoms with Crippen LogP contribution in [0.25, 0.3) is 0 Å². The number of rotatable bonds is 0. The van der Waals surface area contributed by atoms with Crippen LogP contribution in [0.5, 0.6) is 0 Å². The summed E-state index contributed by atoms with van der Waals surface area (Å²) >= 11 is 0. The molecule has 7 heavy (non-hydrogen) atoms. The first kappa shape index (κ1) is 16.4. The normalized spacial score (nSPS) is 8.57. The van der Waals surface area contributed by atoms with E-state index in [0.717, 1.165) is 0 Å². The molecule has 0 amide bonds. The Kier molecular flexibility index (Phi) is 16.2. The molecule has 7 heteroatoms. The Morgan fingerprint density at radius 2 is 0.857 bits per heavy atom. The summed E-state index contributed by atoms with van der Waals surface area (Å²) < 4.78 is 0. The van der Waals surface area contributed by atoms with Gasteiger partial charge in [0.1, 0.15) is 0 Å². The molecule has 0 aromatic carbocycles. The number of hydrogen-bond donors (Lipinski definition) is 4. The molecule has 4 nitrogen and oxygen atoms in total. The second-order valence-electron chi connectivity index (χ2n) is 0.600. The van der Waals surface area contributed by atoms with Crippen LogP contribution in [0, 0.1) is 83.8 Å². The van der Waals surface area contributed by atoms with Crippen molar-refractivity contribution in [1.82, 2.24) is 0 Å². The minimum atomic E-state index is -4.61. The molecule has 0 saturated heterocycles. The van der Waals surface area contributed by atoms with Crippen molar-refractivity contribution >= 4 is 9.05 Å². The van der Waals surface area contributed by atoms with Gasteiger partial charge in [-0.3, -0.25) is 0 Å². The molecule has 0 atom stereocenters. The smallest absolute Gasteiger partial charge is 0.368 e. The van der Waals surface area contributed by atoms with E-state index >= 15 is 0 Å². The topological polar surface area (TPSA) is 80.9 Å². The Bertz CT molecular complexity index is 27.2. The quantitative estimate of drug-likeness (QED) is 0.309. The van der Waals surface area contributed by atoms with E-state index in [1.54, 1.807) is 0 Å². The summed E-state index contributed by atoms with van der Waals surface area (Å²) in [6.45, 7) is 0. The molecule has 0 saturated carbocycles. The third-order valence-corrected chi connectivity index (χ3v) is 0. The molecule has 0 spiro atoms. The average Bonchev–Trinajstić information content (AvgIpc) is 0.722. The Hall–Kier alpha value is 2.81. The van der Waals surface area contributed by atoms with Gasteiger partial charge in [0.25, 0.3) is 0 Å². The van der Waals surface area contributed by atoms with Crippen molar-refractivity contribution in [3.05, 3.63) is 0 Å². The first-order valence-corrected chi connectivity index (χ1v) is 2.68. The van der Waals surface area contributed by atoms with Crippen molar-refractivity contribution in [1.29, 1.82) is 0 Å². The largest absolute Gasteiger partial charge is 0.668 e. The van der Waals surface area contributed by atoms with Crippen LogP contribution in [0.4, 0.5) is 0 Å². The monoisotopic (exact) mass is 445 g/mol. The van der Waals surface area contributed by atoms with Gasteiger partial charge in [0.05, 0.1) is 0 Å². The van der Waals surface area contributed by atoms with Gasteiger partial charge in [-0.2, -0.15) is 0 Å². The first-order chi connectivity index (χ1) is 2.00. The molecule has 0 aliphatic carbocycles. The van der Waals surface area contributed by atoms with E-state index in [1.165, 1.54) is 0 Å². The van der Waals surface area contributed by atoms with Gasteiger partial charge in [-0.15, -0.1) is 0 Å². The van der Waals surface area contributed by atoms with E-state index in [9.17, 15) is 0 Å². The molecule has 0 heterocycles. The van der Waals surface area contributed by atoms with Crippen LogP contribution in [0.1, 0.15) is 0 Å². The van der Waals surface area contributed by atoms with Gasteiger partial charge in [0.15, 0.2) is 0 Å². The van der Waals surface area contributed by atoms with E-state index < -0.39 is 9.05 Å². The molecule has 0 aliphatic heterocycles. The minimum Gasteiger partial charge on any atom is -0.368 e. The molecule has 0 rings (SSSR count). The fourth-order valence-corrected chi connectivity index (χ4v) is 0. The summed E-state index contributed by atoms with van der Waals surface area (Å²) in [7, 11) is -4.61. The zero-order valence-electron chi connectivity index (χ0n) is 2.81. The summed E-state index contributed by atoms with van der Waals surface area (Å²) in [6, 6.07) is 0. The Morgan fingerprint density at radius 3 is 0.857 bits per heavy atom. The van der Waals surface area contributed by atoms with E-state index in [0.29, 0.717) is 0 Å². The van der Waals surface area contributed by atoms with Crippen LogP contribution >= 0.6 is 0 Å². The average molecular weight is 444 g/mol. The van der Waals surface area contributed by atoms with Crippen molar-refractivity contribution in [2.24, 2.45) is 0 Å². The van der Waals surface area contributed by atoms with E-state index in [1.807, 2.05) is 0 Å². The minimum absolute atomic E-state index is 0. The Balaban J connectivity index is -0.0000000800. The SMILES string of the molecule is O[Si](O)(O)O.[Lu].[Yb]. The molecule has 0 unspecified atom stereocenters.